The molecule has 3 rings (SSSR count). The number of aliphatic hydroxyl groups excluding tert-OH is 1. The molecule has 3 aromatic rings. The molecule has 96 valence electrons. The van der Waals surface area contributed by atoms with Crippen molar-refractivity contribution in [1.82, 2.24) is 4.57 Å². The maximum Gasteiger partial charge on any atom is 0.0702 e. The van der Waals surface area contributed by atoms with Gasteiger partial charge in [0.1, 0.15) is 0 Å². The van der Waals surface area contributed by atoms with Gasteiger partial charge in [-0.15, -0.1) is 0 Å². The largest absolute Gasteiger partial charge is 0.392 e. The van der Waals surface area contributed by atoms with Crippen LogP contribution in [0.1, 0.15) is 11.1 Å². The summed E-state index contributed by atoms with van der Waals surface area (Å²) in [5.41, 5.74) is 3.09. The summed E-state index contributed by atoms with van der Waals surface area (Å²) in [6, 6.07) is 15.9. The van der Waals surface area contributed by atoms with Gasteiger partial charge < -0.3 is 9.67 Å². The normalized spacial score (nSPS) is 11.1. The highest BCUT2D eigenvalue weighted by Crippen LogP contribution is 2.23. The van der Waals surface area contributed by atoms with Crippen LogP contribution in [0, 0.1) is 0 Å². The van der Waals surface area contributed by atoms with Crippen LogP contribution in [0.25, 0.3) is 10.9 Å². The second-order valence-electron chi connectivity index (χ2n) is 4.55. The van der Waals surface area contributed by atoms with Crippen molar-refractivity contribution in [2.24, 2.45) is 0 Å². The van der Waals surface area contributed by atoms with Crippen molar-refractivity contribution in [3.05, 3.63) is 70.9 Å². The number of hydrogen-bond donors (Lipinski definition) is 1. The molecular weight excluding hydrogens is 258 g/mol. The van der Waals surface area contributed by atoms with Crippen molar-refractivity contribution in [2.45, 2.75) is 13.2 Å². The molecule has 0 bridgehead atoms. The van der Waals surface area contributed by atoms with Crippen molar-refractivity contribution in [2.75, 3.05) is 0 Å². The monoisotopic (exact) mass is 271 g/mol. The Morgan fingerprint density at radius 1 is 0.947 bits per heavy atom. The van der Waals surface area contributed by atoms with Gasteiger partial charge in [-0.05, 0) is 23.1 Å². The molecule has 1 N–H and O–H groups in total. The van der Waals surface area contributed by atoms with E-state index in [9.17, 15) is 5.11 Å². The number of aliphatic hydroxyl groups is 1. The minimum atomic E-state index is 0.0455. The van der Waals surface area contributed by atoms with E-state index in [0.717, 1.165) is 27.1 Å². The summed E-state index contributed by atoms with van der Waals surface area (Å²) in [6.07, 6.45) is 2.03. The first-order valence-corrected chi connectivity index (χ1v) is 6.58. The molecule has 0 unspecified atom stereocenters. The van der Waals surface area contributed by atoms with Gasteiger partial charge >= 0.3 is 0 Å². The molecule has 0 saturated carbocycles. The average Bonchev–Trinajstić information content (AvgIpc) is 2.85. The number of aromatic nitrogens is 1. The lowest BCUT2D eigenvalue weighted by Crippen LogP contribution is -2.00. The number of halogens is 1. The number of fused-ring (bicyclic) bond motifs is 1. The van der Waals surface area contributed by atoms with E-state index in [2.05, 4.69) is 16.7 Å². The summed E-state index contributed by atoms with van der Waals surface area (Å²) in [4.78, 5) is 0. The minimum Gasteiger partial charge on any atom is -0.392 e. The van der Waals surface area contributed by atoms with Gasteiger partial charge in [-0.3, -0.25) is 0 Å². The van der Waals surface area contributed by atoms with Gasteiger partial charge in [-0.1, -0.05) is 48.0 Å². The molecule has 1 aromatic heterocycles. The van der Waals surface area contributed by atoms with Crippen LogP contribution in [-0.2, 0) is 13.2 Å². The van der Waals surface area contributed by atoms with Crippen molar-refractivity contribution in [1.29, 1.82) is 0 Å². The predicted octanol–water partition coefficient (Wildman–Crippen LogP) is 3.84. The molecule has 19 heavy (non-hydrogen) atoms. The molecule has 2 nitrogen and oxygen atoms in total. The molecule has 0 saturated heterocycles. The third kappa shape index (κ3) is 2.25. The molecule has 0 aliphatic heterocycles. The Labute approximate surface area is 116 Å². The predicted molar refractivity (Wildman–Crippen MR) is 78.4 cm³/mol. The molecule has 0 fully saturated rings. The Kier molecular flexibility index (Phi) is 3.28. The van der Waals surface area contributed by atoms with E-state index in [-0.39, 0.29) is 6.61 Å². The first kappa shape index (κ1) is 12.3. The van der Waals surface area contributed by atoms with E-state index in [1.165, 1.54) is 0 Å². The number of benzene rings is 2. The Morgan fingerprint density at radius 3 is 2.53 bits per heavy atom. The Morgan fingerprint density at radius 2 is 1.74 bits per heavy atom. The third-order valence-corrected chi connectivity index (χ3v) is 3.71. The number of nitrogens with zero attached hydrogens (tertiary/aromatic N) is 1. The van der Waals surface area contributed by atoms with Gasteiger partial charge in [-0.2, -0.15) is 0 Å². The van der Waals surface area contributed by atoms with E-state index >= 15 is 0 Å². The highest BCUT2D eigenvalue weighted by atomic mass is 35.5. The van der Waals surface area contributed by atoms with Gasteiger partial charge in [0, 0.05) is 23.3 Å². The fourth-order valence-electron chi connectivity index (χ4n) is 2.41. The lowest BCUT2D eigenvalue weighted by Gasteiger charge is -2.10. The van der Waals surface area contributed by atoms with Gasteiger partial charge in [-0.25, -0.2) is 0 Å². The zero-order chi connectivity index (χ0) is 13.2. The second-order valence-corrected chi connectivity index (χ2v) is 4.96. The van der Waals surface area contributed by atoms with Crippen LogP contribution >= 0.6 is 11.6 Å². The van der Waals surface area contributed by atoms with Crippen molar-refractivity contribution < 1.29 is 5.11 Å². The molecular formula is C16H14ClNO. The molecule has 2 aromatic carbocycles. The fraction of sp³-hybridized carbons (Fsp3) is 0.125. The van der Waals surface area contributed by atoms with Crippen molar-refractivity contribution >= 4 is 22.5 Å². The van der Waals surface area contributed by atoms with Crippen LogP contribution in [-0.4, -0.2) is 9.67 Å². The summed E-state index contributed by atoms with van der Waals surface area (Å²) < 4.78 is 2.13. The van der Waals surface area contributed by atoms with Gasteiger partial charge in [0.25, 0.3) is 0 Å². The molecule has 0 radical (unpaired) electrons. The Bertz CT molecular complexity index is 718. The zero-order valence-electron chi connectivity index (χ0n) is 10.4. The second kappa shape index (κ2) is 5.08. The summed E-state index contributed by atoms with van der Waals surface area (Å²) in [7, 11) is 0. The quantitative estimate of drug-likeness (QED) is 0.769. The standard InChI is InChI=1S/C16H14ClNO/c17-15-7-2-1-4-13(15)10-18-9-8-12-5-3-6-14(11-19)16(12)18/h1-9,19H,10-11H2. The molecule has 0 aliphatic rings. The first-order chi connectivity index (χ1) is 9.29. The van der Waals surface area contributed by atoms with Crippen LogP contribution in [0.3, 0.4) is 0 Å². The zero-order valence-corrected chi connectivity index (χ0v) is 11.1. The van der Waals surface area contributed by atoms with E-state index in [1.54, 1.807) is 0 Å². The first-order valence-electron chi connectivity index (χ1n) is 6.20. The van der Waals surface area contributed by atoms with Crippen LogP contribution in [0.15, 0.2) is 54.7 Å². The van der Waals surface area contributed by atoms with Crippen LogP contribution < -0.4 is 0 Å². The summed E-state index contributed by atoms with van der Waals surface area (Å²) >= 11 is 6.20. The Hall–Kier alpha value is -1.77. The molecule has 0 amide bonds. The van der Waals surface area contributed by atoms with Gasteiger partial charge in [0.2, 0.25) is 0 Å². The topological polar surface area (TPSA) is 25.2 Å². The molecule has 0 spiro atoms. The average molecular weight is 272 g/mol. The van der Waals surface area contributed by atoms with E-state index in [1.807, 2.05) is 42.6 Å². The SMILES string of the molecule is OCc1cccc2ccn(Cc3ccccc3Cl)c12. The summed E-state index contributed by atoms with van der Waals surface area (Å²) in [6.45, 7) is 0.754. The van der Waals surface area contributed by atoms with Crippen molar-refractivity contribution in [3.8, 4) is 0 Å². The molecule has 0 atom stereocenters. The number of para-hydroxylation sites is 1. The lowest BCUT2D eigenvalue weighted by molar-refractivity contribution is 0.283. The maximum atomic E-state index is 9.46. The van der Waals surface area contributed by atoms with Gasteiger partial charge in [0.15, 0.2) is 0 Å². The molecule has 0 aliphatic carbocycles. The van der Waals surface area contributed by atoms with E-state index < -0.39 is 0 Å². The van der Waals surface area contributed by atoms with Crippen LogP contribution in [0.4, 0.5) is 0 Å². The summed E-state index contributed by atoms with van der Waals surface area (Å²) in [5, 5.41) is 11.4. The Balaban J connectivity index is 2.09. The van der Waals surface area contributed by atoms with E-state index in [4.69, 9.17) is 11.6 Å². The van der Waals surface area contributed by atoms with Crippen LogP contribution in [0.2, 0.25) is 5.02 Å². The summed E-state index contributed by atoms with van der Waals surface area (Å²) in [5.74, 6) is 0. The third-order valence-electron chi connectivity index (χ3n) is 3.34. The number of hydrogen-bond acceptors (Lipinski definition) is 1. The van der Waals surface area contributed by atoms with Crippen LogP contribution in [0.5, 0.6) is 0 Å². The molecule has 3 heteroatoms. The number of rotatable bonds is 3. The van der Waals surface area contributed by atoms with Crippen molar-refractivity contribution in [3.63, 3.8) is 0 Å². The molecule has 1 heterocycles. The highest BCUT2D eigenvalue weighted by molar-refractivity contribution is 6.31. The lowest BCUT2D eigenvalue weighted by atomic mass is 10.1. The van der Waals surface area contributed by atoms with E-state index in [0.29, 0.717) is 6.54 Å². The van der Waals surface area contributed by atoms with Gasteiger partial charge in [0.05, 0.1) is 12.1 Å². The minimum absolute atomic E-state index is 0.0455. The highest BCUT2D eigenvalue weighted by Gasteiger charge is 2.07. The fourth-order valence-corrected chi connectivity index (χ4v) is 2.61. The maximum absolute atomic E-state index is 9.46. The smallest absolute Gasteiger partial charge is 0.0702 e.